The van der Waals surface area contributed by atoms with Gasteiger partial charge in [0.15, 0.2) is 0 Å². The van der Waals surface area contributed by atoms with Gasteiger partial charge in [0.1, 0.15) is 5.75 Å². The Morgan fingerprint density at radius 2 is 2.25 bits per heavy atom. The minimum Gasteiger partial charge on any atom is -0.492 e. The van der Waals surface area contributed by atoms with E-state index in [9.17, 15) is 0 Å². The van der Waals surface area contributed by atoms with Crippen molar-refractivity contribution in [3.63, 3.8) is 0 Å². The molecule has 0 N–H and O–H groups in total. The lowest BCUT2D eigenvalue weighted by molar-refractivity contribution is 0.151. The molecule has 1 atom stereocenters. The molecule has 0 radical (unpaired) electrons. The van der Waals surface area contributed by atoms with Gasteiger partial charge < -0.3 is 9.64 Å². The van der Waals surface area contributed by atoms with Gasteiger partial charge in [0.2, 0.25) is 0 Å². The number of likely N-dealkylation sites (tertiary alicyclic amines) is 1. The van der Waals surface area contributed by atoms with E-state index in [1.807, 2.05) is 12.3 Å². The maximum absolute atomic E-state index is 6.10. The van der Waals surface area contributed by atoms with Gasteiger partial charge in [0.25, 0.3) is 0 Å². The van der Waals surface area contributed by atoms with Crippen LogP contribution in [0.3, 0.4) is 0 Å². The van der Waals surface area contributed by atoms with Crippen molar-refractivity contribution >= 4 is 10.9 Å². The van der Waals surface area contributed by atoms with Crippen LogP contribution in [0.4, 0.5) is 0 Å². The quantitative estimate of drug-likeness (QED) is 0.856. The van der Waals surface area contributed by atoms with E-state index in [0.29, 0.717) is 5.92 Å². The third-order valence-electron chi connectivity index (χ3n) is 4.05. The first-order chi connectivity index (χ1) is 9.72. The highest BCUT2D eigenvalue weighted by Crippen LogP contribution is 2.26. The van der Waals surface area contributed by atoms with Crippen molar-refractivity contribution in [3.8, 4) is 5.75 Å². The topological polar surface area (TPSA) is 25.4 Å². The maximum atomic E-state index is 6.10. The molecule has 1 aliphatic rings. The molecule has 1 saturated heterocycles. The molecule has 0 spiro atoms. The second-order valence-electron chi connectivity index (χ2n) is 5.91. The molecule has 0 unspecified atom stereocenters. The molecule has 3 rings (SSSR count). The van der Waals surface area contributed by atoms with E-state index in [2.05, 4.69) is 42.1 Å². The molecular formula is C17H22N2O. The molecule has 0 aliphatic carbocycles. The van der Waals surface area contributed by atoms with Crippen LogP contribution in [0.2, 0.25) is 0 Å². The zero-order valence-corrected chi connectivity index (χ0v) is 12.3. The van der Waals surface area contributed by atoms with Crippen LogP contribution in [0.5, 0.6) is 5.75 Å². The van der Waals surface area contributed by atoms with Gasteiger partial charge in [-0.15, -0.1) is 0 Å². The second-order valence-corrected chi connectivity index (χ2v) is 5.91. The fourth-order valence-corrected chi connectivity index (χ4v) is 2.98. The number of nitrogens with zero attached hydrogens (tertiary/aromatic N) is 2. The Morgan fingerprint density at radius 3 is 3.10 bits per heavy atom. The van der Waals surface area contributed by atoms with Crippen LogP contribution < -0.4 is 4.74 Å². The minimum atomic E-state index is 0.641. The molecule has 2 aromatic rings. The first-order valence-corrected chi connectivity index (χ1v) is 7.39. The first kappa shape index (κ1) is 13.4. The van der Waals surface area contributed by atoms with E-state index in [4.69, 9.17) is 4.74 Å². The number of fused-ring (bicyclic) bond motifs is 1. The highest BCUT2D eigenvalue weighted by molar-refractivity contribution is 5.85. The number of hydrogen-bond acceptors (Lipinski definition) is 3. The fourth-order valence-electron chi connectivity index (χ4n) is 2.98. The Kier molecular flexibility index (Phi) is 3.88. The lowest BCUT2D eigenvalue weighted by Gasteiger charge is -2.29. The van der Waals surface area contributed by atoms with Crippen LogP contribution in [-0.4, -0.2) is 36.6 Å². The Morgan fingerprint density at radius 1 is 1.35 bits per heavy atom. The lowest BCUT2D eigenvalue weighted by Crippen LogP contribution is -2.34. The number of hydrogen-bond donors (Lipinski definition) is 0. The molecule has 3 nitrogen and oxygen atoms in total. The van der Waals surface area contributed by atoms with Gasteiger partial charge in [0.05, 0.1) is 12.1 Å². The summed E-state index contributed by atoms with van der Waals surface area (Å²) in [6, 6.07) is 8.29. The normalized spacial score (nSPS) is 20.2. The van der Waals surface area contributed by atoms with Gasteiger partial charge in [-0.05, 0) is 51.6 Å². The molecule has 1 fully saturated rings. The maximum Gasteiger partial charge on any atom is 0.130 e. The second kappa shape index (κ2) is 5.80. The summed E-state index contributed by atoms with van der Waals surface area (Å²) in [5, 5.41) is 1.12. The highest BCUT2D eigenvalue weighted by Gasteiger charge is 2.18. The molecule has 0 saturated carbocycles. The van der Waals surface area contributed by atoms with E-state index >= 15 is 0 Å². The molecule has 0 bridgehead atoms. The van der Waals surface area contributed by atoms with Crippen LogP contribution in [0.25, 0.3) is 10.9 Å². The Bertz CT molecular complexity index is 597. The van der Waals surface area contributed by atoms with Gasteiger partial charge in [0, 0.05) is 24.0 Å². The van der Waals surface area contributed by atoms with E-state index in [-0.39, 0.29) is 0 Å². The monoisotopic (exact) mass is 270 g/mol. The first-order valence-electron chi connectivity index (χ1n) is 7.39. The third kappa shape index (κ3) is 2.93. The number of pyridine rings is 1. The summed E-state index contributed by atoms with van der Waals surface area (Å²) >= 11 is 0. The Balaban J connectivity index is 1.75. The molecule has 0 amide bonds. The van der Waals surface area contributed by atoms with Gasteiger partial charge in [-0.1, -0.05) is 11.6 Å². The number of rotatable bonds is 3. The Hall–Kier alpha value is -1.61. The van der Waals surface area contributed by atoms with Crippen LogP contribution >= 0.6 is 0 Å². The summed E-state index contributed by atoms with van der Waals surface area (Å²) in [6.07, 6.45) is 4.38. The lowest BCUT2D eigenvalue weighted by atomic mass is 9.99. The van der Waals surface area contributed by atoms with Gasteiger partial charge >= 0.3 is 0 Å². The van der Waals surface area contributed by atoms with E-state index in [1.54, 1.807) is 0 Å². The van der Waals surface area contributed by atoms with Crippen molar-refractivity contribution < 1.29 is 4.74 Å². The van der Waals surface area contributed by atoms with Gasteiger partial charge in [-0.25, -0.2) is 0 Å². The molecule has 20 heavy (non-hydrogen) atoms. The van der Waals surface area contributed by atoms with Crippen molar-refractivity contribution in [1.82, 2.24) is 9.88 Å². The standard InChI is InChI=1S/C17H22N2O/c1-13-5-6-16-15(10-13)17(7-8-18-16)20-12-14-4-3-9-19(2)11-14/h5-8,10,14H,3-4,9,11-12H2,1-2H3/t14-/m1/s1. The molecule has 106 valence electrons. The van der Waals surface area contributed by atoms with Crippen LogP contribution in [0, 0.1) is 12.8 Å². The van der Waals surface area contributed by atoms with Crippen LogP contribution in [-0.2, 0) is 0 Å². The summed E-state index contributed by atoms with van der Waals surface area (Å²) in [5.41, 5.74) is 2.25. The summed E-state index contributed by atoms with van der Waals surface area (Å²) < 4.78 is 6.10. The molecule has 2 heterocycles. The number of ether oxygens (including phenoxy) is 1. The summed E-state index contributed by atoms with van der Waals surface area (Å²) in [4.78, 5) is 6.80. The van der Waals surface area contributed by atoms with Gasteiger partial charge in [-0.2, -0.15) is 0 Å². The average Bonchev–Trinajstić information content (AvgIpc) is 2.45. The SMILES string of the molecule is Cc1ccc2nccc(OC[C@@H]3CCCN(C)C3)c2c1. The summed E-state index contributed by atoms with van der Waals surface area (Å²) in [7, 11) is 2.19. The van der Waals surface area contributed by atoms with Gasteiger partial charge in [-0.3, -0.25) is 4.98 Å². The van der Waals surface area contributed by atoms with Crippen LogP contribution in [0.15, 0.2) is 30.5 Å². The zero-order chi connectivity index (χ0) is 13.9. The summed E-state index contributed by atoms with van der Waals surface area (Å²) in [5.74, 6) is 1.61. The average molecular weight is 270 g/mol. The predicted molar refractivity (Wildman–Crippen MR) is 82.2 cm³/mol. The van der Waals surface area contributed by atoms with Crippen molar-refractivity contribution in [1.29, 1.82) is 0 Å². The Labute approximate surface area is 120 Å². The van der Waals surface area contributed by atoms with Crippen molar-refractivity contribution in [3.05, 3.63) is 36.0 Å². The predicted octanol–water partition coefficient (Wildman–Crippen LogP) is 3.26. The zero-order valence-electron chi connectivity index (χ0n) is 12.3. The highest BCUT2D eigenvalue weighted by atomic mass is 16.5. The van der Waals surface area contributed by atoms with E-state index in [0.717, 1.165) is 29.8 Å². The number of benzene rings is 1. The third-order valence-corrected chi connectivity index (χ3v) is 4.05. The number of piperidine rings is 1. The van der Waals surface area contributed by atoms with E-state index < -0.39 is 0 Å². The molecule has 1 aliphatic heterocycles. The number of aromatic nitrogens is 1. The van der Waals surface area contributed by atoms with Crippen molar-refractivity contribution in [2.45, 2.75) is 19.8 Å². The van der Waals surface area contributed by atoms with Crippen molar-refractivity contribution in [2.75, 3.05) is 26.7 Å². The van der Waals surface area contributed by atoms with Crippen LogP contribution in [0.1, 0.15) is 18.4 Å². The molecule has 1 aromatic carbocycles. The minimum absolute atomic E-state index is 0.641. The fraction of sp³-hybridized carbons (Fsp3) is 0.471. The smallest absolute Gasteiger partial charge is 0.130 e. The van der Waals surface area contributed by atoms with E-state index in [1.165, 1.54) is 24.9 Å². The van der Waals surface area contributed by atoms with Crippen molar-refractivity contribution in [2.24, 2.45) is 5.92 Å². The summed E-state index contributed by atoms with van der Waals surface area (Å²) in [6.45, 7) is 5.26. The number of aryl methyl sites for hydroxylation is 1. The molecule has 1 aromatic heterocycles. The molecule has 3 heteroatoms. The largest absolute Gasteiger partial charge is 0.492 e. The molecular weight excluding hydrogens is 248 g/mol.